The number of carbonyl (C=O) groups is 1. The van der Waals surface area contributed by atoms with Gasteiger partial charge in [-0.3, -0.25) is 4.79 Å². The Morgan fingerprint density at radius 1 is 1.50 bits per heavy atom. The van der Waals surface area contributed by atoms with Crippen LogP contribution in [0.4, 0.5) is 4.39 Å². The van der Waals surface area contributed by atoms with Gasteiger partial charge in [-0.25, -0.2) is 9.40 Å². The van der Waals surface area contributed by atoms with Crippen LogP contribution in [0.25, 0.3) is 0 Å². The summed E-state index contributed by atoms with van der Waals surface area (Å²) in [4.78, 5) is 11.9. The summed E-state index contributed by atoms with van der Waals surface area (Å²) in [6.07, 6.45) is 0. The number of halogens is 1. The van der Waals surface area contributed by atoms with Crippen LogP contribution in [0, 0.1) is 5.82 Å². The minimum Gasteiger partial charge on any atom is -0.507 e. The van der Waals surface area contributed by atoms with E-state index in [9.17, 15) is 14.3 Å². The number of hydrazone groups is 1. The van der Waals surface area contributed by atoms with Gasteiger partial charge in [-0.15, -0.1) is 0 Å². The molecule has 6 nitrogen and oxygen atoms in total. The first-order valence-corrected chi connectivity index (χ1v) is 5.17. The molecule has 18 heavy (non-hydrogen) atoms. The van der Waals surface area contributed by atoms with Gasteiger partial charge in [0.25, 0.3) is 5.91 Å². The molecule has 0 saturated heterocycles. The maximum Gasteiger partial charge on any atom is 0.270 e. The molecule has 1 aromatic carbocycles. The largest absolute Gasteiger partial charge is 0.507 e. The highest BCUT2D eigenvalue weighted by Gasteiger charge is 2.47. The van der Waals surface area contributed by atoms with Gasteiger partial charge >= 0.3 is 0 Å². The predicted molar refractivity (Wildman–Crippen MR) is 60.7 cm³/mol. The van der Waals surface area contributed by atoms with Crippen LogP contribution in [-0.2, 0) is 4.79 Å². The van der Waals surface area contributed by atoms with E-state index in [0.29, 0.717) is 0 Å². The third-order valence-corrected chi connectivity index (χ3v) is 2.88. The number of phenolic OH excluding ortho intramolecular Hbond substituents is 1. The van der Waals surface area contributed by atoms with Crippen molar-refractivity contribution in [3.8, 4) is 5.75 Å². The van der Waals surface area contributed by atoms with Crippen molar-refractivity contribution in [1.29, 1.82) is 0 Å². The van der Waals surface area contributed by atoms with Crippen molar-refractivity contribution in [1.82, 2.24) is 10.5 Å². The summed E-state index contributed by atoms with van der Waals surface area (Å²) in [7, 11) is 1.42. The highest BCUT2D eigenvalue weighted by atomic mass is 19.1. The Labute approximate surface area is 102 Å². The molecule has 1 atom stereocenters. The van der Waals surface area contributed by atoms with E-state index in [1.807, 2.05) is 5.48 Å². The third-order valence-electron chi connectivity index (χ3n) is 2.88. The number of nitrogens with zero attached hydrogens (tertiary/aromatic N) is 2. The zero-order valence-corrected chi connectivity index (χ0v) is 9.81. The fourth-order valence-electron chi connectivity index (χ4n) is 1.85. The van der Waals surface area contributed by atoms with E-state index in [0.717, 1.165) is 17.1 Å². The zero-order valence-electron chi connectivity index (χ0n) is 9.81. The molecule has 0 saturated carbocycles. The first-order valence-electron chi connectivity index (χ1n) is 5.17. The molecule has 1 aliphatic heterocycles. The van der Waals surface area contributed by atoms with Crippen LogP contribution >= 0.6 is 0 Å². The van der Waals surface area contributed by atoms with Gasteiger partial charge < -0.3 is 10.3 Å². The molecule has 1 aliphatic rings. The Balaban J connectivity index is 2.56. The molecule has 0 bridgehead atoms. The normalized spacial score (nSPS) is 23.4. The minimum atomic E-state index is -1.47. The molecule has 0 spiro atoms. The number of amides is 1. The first kappa shape index (κ1) is 12.5. The van der Waals surface area contributed by atoms with Crippen molar-refractivity contribution < 1.29 is 19.5 Å². The van der Waals surface area contributed by atoms with Crippen LogP contribution in [0.2, 0.25) is 0 Å². The number of hydrogen-bond acceptors (Lipinski definition) is 5. The number of benzene rings is 1. The maximum atomic E-state index is 12.9. The van der Waals surface area contributed by atoms with E-state index in [2.05, 4.69) is 5.10 Å². The van der Waals surface area contributed by atoms with E-state index < -0.39 is 17.3 Å². The van der Waals surface area contributed by atoms with Gasteiger partial charge in [-0.2, -0.15) is 10.6 Å². The quantitative estimate of drug-likeness (QED) is 0.668. The average Bonchev–Trinajstić information content (AvgIpc) is 2.55. The molecule has 0 radical (unpaired) electrons. The number of phenols is 1. The number of hydroxylamine groups is 1. The van der Waals surface area contributed by atoms with Gasteiger partial charge in [0.15, 0.2) is 5.54 Å². The minimum absolute atomic E-state index is 0.120. The molecule has 7 heteroatoms. The van der Waals surface area contributed by atoms with Gasteiger partial charge in [-0.05, 0) is 19.1 Å². The van der Waals surface area contributed by atoms with Crippen LogP contribution in [-0.4, -0.2) is 39.5 Å². The van der Waals surface area contributed by atoms with E-state index in [4.69, 9.17) is 5.21 Å². The monoisotopic (exact) mass is 253 g/mol. The highest BCUT2D eigenvalue weighted by Crippen LogP contribution is 2.28. The highest BCUT2D eigenvalue weighted by molar-refractivity contribution is 6.23. The summed E-state index contributed by atoms with van der Waals surface area (Å²) in [6.45, 7) is 1.42. The molecule has 0 aromatic heterocycles. The average molecular weight is 253 g/mol. The van der Waals surface area contributed by atoms with Crippen LogP contribution in [0.5, 0.6) is 5.75 Å². The molecule has 3 N–H and O–H groups in total. The van der Waals surface area contributed by atoms with Gasteiger partial charge in [-0.1, -0.05) is 0 Å². The van der Waals surface area contributed by atoms with Crippen LogP contribution in [0.15, 0.2) is 23.3 Å². The SMILES string of the molecule is CN1N=C(c2ccc(F)cc2O)C(C)(NO)C1=O. The van der Waals surface area contributed by atoms with Crippen molar-refractivity contribution in [2.45, 2.75) is 12.5 Å². The number of aromatic hydroxyl groups is 1. The van der Waals surface area contributed by atoms with E-state index in [1.165, 1.54) is 20.0 Å². The lowest BCUT2D eigenvalue weighted by atomic mass is 9.91. The third kappa shape index (κ3) is 1.64. The second-order valence-corrected chi connectivity index (χ2v) is 4.18. The number of nitrogens with one attached hydrogen (secondary N) is 1. The topological polar surface area (TPSA) is 85.2 Å². The Morgan fingerprint density at radius 2 is 2.17 bits per heavy atom. The molecular weight excluding hydrogens is 241 g/mol. The molecule has 2 rings (SSSR count). The van der Waals surface area contributed by atoms with Crippen LogP contribution < -0.4 is 5.48 Å². The van der Waals surface area contributed by atoms with Crippen molar-refractivity contribution >= 4 is 11.6 Å². The molecular formula is C11H12FN3O3. The fourth-order valence-corrected chi connectivity index (χ4v) is 1.85. The molecule has 1 heterocycles. The summed E-state index contributed by atoms with van der Waals surface area (Å²) in [5, 5.41) is 23.8. The van der Waals surface area contributed by atoms with Crippen LogP contribution in [0.1, 0.15) is 12.5 Å². The summed E-state index contributed by atoms with van der Waals surface area (Å²) < 4.78 is 12.9. The Morgan fingerprint density at radius 3 is 2.72 bits per heavy atom. The first-order chi connectivity index (χ1) is 8.40. The van der Waals surface area contributed by atoms with Gasteiger partial charge in [0, 0.05) is 18.7 Å². The number of likely N-dealkylation sites (N-methyl/N-ethyl adjacent to an activating group) is 1. The lowest BCUT2D eigenvalue weighted by Gasteiger charge is -2.22. The van der Waals surface area contributed by atoms with Crippen LogP contribution in [0.3, 0.4) is 0 Å². The van der Waals surface area contributed by atoms with Gasteiger partial charge in [0.1, 0.15) is 17.3 Å². The van der Waals surface area contributed by atoms with Crippen molar-refractivity contribution in [2.24, 2.45) is 5.10 Å². The summed E-state index contributed by atoms with van der Waals surface area (Å²) in [5.41, 5.74) is 0.715. The summed E-state index contributed by atoms with van der Waals surface area (Å²) in [5.74, 6) is -1.43. The standard InChI is InChI=1S/C11H12FN3O3/c1-11(14-18)9(13-15(2)10(11)17)7-4-3-6(12)5-8(7)16/h3-5,14,16,18H,1-2H3. The van der Waals surface area contributed by atoms with Crippen molar-refractivity contribution in [2.75, 3.05) is 7.05 Å². The second kappa shape index (κ2) is 4.04. The van der Waals surface area contributed by atoms with Gasteiger partial charge in [0.2, 0.25) is 0 Å². The van der Waals surface area contributed by atoms with Crippen molar-refractivity contribution in [3.63, 3.8) is 0 Å². The smallest absolute Gasteiger partial charge is 0.270 e. The lowest BCUT2D eigenvalue weighted by molar-refractivity contribution is -0.134. The molecule has 1 amide bonds. The molecule has 96 valence electrons. The lowest BCUT2D eigenvalue weighted by Crippen LogP contribution is -2.53. The molecule has 0 aliphatic carbocycles. The molecule has 0 fully saturated rings. The molecule has 1 aromatic rings. The second-order valence-electron chi connectivity index (χ2n) is 4.18. The summed E-state index contributed by atoms with van der Waals surface area (Å²) in [6, 6.07) is 3.35. The number of carbonyl (C=O) groups excluding carboxylic acids is 1. The summed E-state index contributed by atoms with van der Waals surface area (Å²) >= 11 is 0. The van der Waals surface area contributed by atoms with E-state index in [1.54, 1.807) is 0 Å². The van der Waals surface area contributed by atoms with E-state index >= 15 is 0 Å². The van der Waals surface area contributed by atoms with Crippen molar-refractivity contribution in [3.05, 3.63) is 29.6 Å². The predicted octanol–water partition coefficient (Wildman–Crippen LogP) is 0.445. The zero-order chi connectivity index (χ0) is 13.5. The number of hydrogen-bond donors (Lipinski definition) is 3. The fraction of sp³-hybridized carbons (Fsp3) is 0.273. The molecule has 1 unspecified atom stereocenters. The number of rotatable bonds is 2. The Hall–Kier alpha value is -1.99. The Bertz CT molecular complexity index is 546. The maximum absolute atomic E-state index is 12.9. The Kier molecular flexibility index (Phi) is 2.80. The van der Waals surface area contributed by atoms with Gasteiger partial charge in [0.05, 0.1) is 0 Å². The van der Waals surface area contributed by atoms with E-state index in [-0.39, 0.29) is 17.0 Å².